The Hall–Kier alpha value is -1.51. The van der Waals surface area contributed by atoms with E-state index in [0.717, 1.165) is 19.3 Å². The monoisotopic (exact) mass is 306 g/mol. The van der Waals surface area contributed by atoms with Crippen molar-refractivity contribution in [3.63, 3.8) is 0 Å². The molecule has 22 heavy (non-hydrogen) atoms. The summed E-state index contributed by atoms with van der Waals surface area (Å²) in [4.78, 5) is 10.2. The molecule has 124 valence electrons. The number of hydrogen-bond donors (Lipinski definition) is 1. The Morgan fingerprint density at radius 1 is 1.00 bits per heavy atom. The molecule has 1 atom stereocenters. The Kier molecular flexibility index (Phi) is 10.2. The average Bonchev–Trinajstić information content (AvgIpc) is 2.53. The lowest BCUT2D eigenvalue weighted by atomic mass is 9.88. The van der Waals surface area contributed by atoms with Gasteiger partial charge in [0.05, 0.1) is 6.61 Å². The van der Waals surface area contributed by atoms with E-state index in [-0.39, 0.29) is 0 Å². The van der Waals surface area contributed by atoms with Gasteiger partial charge in [0.1, 0.15) is 0 Å². The topological polar surface area (TPSA) is 46.5 Å². The minimum Gasteiger partial charge on any atom is -0.450 e. The lowest BCUT2D eigenvalue weighted by Crippen LogP contribution is -2.02. The normalized spacial score (nSPS) is 12.0. The first kappa shape index (κ1) is 18.5. The minimum atomic E-state index is -1.17. The highest BCUT2D eigenvalue weighted by Crippen LogP contribution is 2.28. The second-order valence-electron chi connectivity index (χ2n) is 5.92. The predicted octanol–water partition coefficient (Wildman–Crippen LogP) is 6.00. The van der Waals surface area contributed by atoms with E-state index in [9.17, 15) is 4.79 Å². The molecule has 1 aromatic rings. The quantitative estimate of drug-likeness (QED) is 0.381. The third kappa shape index (κ3) is 8.71. The van der Waals surface area contributed by atoms with Crippen LogP contribution in [0.15, 0.2) is 30.3 Å². The largest absolute Gasteiger partial charge is 0.505 e. The SMILES string of the molecule is CCCCCC(CCCCCCOC(=O)O)c1ccccc1. The summed E-state index contributed by atoms with van der Waals surface area (Å²) in [6.45, 7) is 2.57. The van der Waals surface area contributed by atoms with Crippen LogP contribution in [0.3, 0.4) is 0 Å². The first-order chi connectivity index (χ1) is 10.7. The zero-order valence-corrected chi connectivity index (χ0v) is 13.8. The van der Waals surface area contributed by atoms with E-state index in [1.54, 1.807) is 0 Å². The van der Waals surface area contributed by atoms with Gasteiger partial charge in [-0.1, -0.05) is 75.8 Å². The van der Waals surface area contributed by atoms with Gasteiger partial charge >= 0.3 is 6.16 Å². The molecule has 0 aromatic heterocycles. The predicted molar refractivity (Wildman–Crippen MR) is 90.4 cm³/mol. The summed E-state index contributed by atoms with van der Waals surface area (Å²) < 4.78 is 4.52. The van der Waals surface area contributed by atoms with Gasteiger partial charge in [-0.2, -0.15) is 0 Å². The molecule has 0 aliphatic carbocycles. The first-order valence-corrected chi connectivity index (χ1v) is 8.64. The van der Waals surface area contributed by atoms with Gasteiger partial charge in [-0.05, 0) is 30.7 Å². The number of ether oxygens (including phenoxy) is 1. The van der Waals surface area contributed by atoms with Crippen LogP contribution in [0, 0.1) is 0 Å². The van der Waals surface area contributed by atoms with E-state index in [1.807, 2.05) is 0 Å². The summed E-state index contributed by atoms with van der Waals surface area (Å²) in [7, 11) is 0. The molecule has 0 saturated heterocycles. The number of unbranched alkanes of at least 4 members (excludes halogenated alkanes) is 5. The molecule has 0 amide bonds. The average molecular weight is 306 g/mol. The van der Waals surface area contributed by atoms with Crippen LogP contribution in [-0.2, 0) is 4.74 Å². The van der Waals surface area contributed by atoms with Crippen molar-refractivity contribution in [2.24, 2.45) is 0 Å². The Morgan fingerprint density at radius 3 is 2.27 bits per heavy atom. The highest BCUT2D eigenvalue weighted by atomic mass is 16.7. The van der Waals surface area contributed by atoms with Crippen molar-refractivity contribution >= 4 is 6.16 Å². The molecular formula is C19H30O3. The first-order valence-electron chi connectivity index (χ1n) is 8.64. The van der Waals surface area contributed by atoms with Gasteiger partial charge in [0.25, 0.3) is 0 Å². The fourth-order valence-electron chi connectivity index (χ4n) is 2.85. The molecular weight excluding hydrogens is 276 g/mol. The van der Waals surface area contributed by atoms with E-state index in [1.165, 1.54) is 44.1 Å². The van der Waals surface area contributed by atoms with E-state index >= 15 is 0 Å². The molecule has 0 spiro atoms. The maximum atomic E-state index is 10.2. The van der Waals surface area contributed by atoms with E-state index in [4.69, 9.17) is 5.11 Å². The molecule has 0 aliphatic heterocycles. The van der Waals surface area contributed by atoms with Gasteiger partial charge in [-0.3, -0.25) is 0 Å². The molecule has 3 heteroatoms. The summed E-state index contributed by atoms with van der Waals surface area (Å²) >= 11 is 0. The number of benzene rings is 1. The molecule has 0 aliphatic rings. The number of rotatable bonds is 12. The summed E-state index contributed by atoms with van der Waals surface area (Å²) in [5, 5.41) is 8.40. The molecule has 1 aromatic carbocycles. The smallest absolute Gasteiger partial charge is 0.450 e. The van der Waals surface area contributed by atoms with E-state index < -0.39 is 6.16 Å². The highest BCUT2D eigenvalue weighted by molar-refractivity contribution is 5.56. The molecule has 0 saturated carbocycles. The van der Waals surface area contributed by atoms with Crippen molar-refractivity contribution < 1.29 is 14.6 Å². The van der Waals surface area contributed by atoms with Gasteiger partial charge in [-0.25, -0.2) is 4.79 Å². The fourth-order valence-corrected chi connectivity index (χ4v) is 2.85. The second-order valence-corrected chi connectivity index (χ2v) is 5.92. The fraction of sp³-hybridized carbons (Fsp3) is 0.632. The maximum absolute atomic E-state index is 10.2. The van der Waals surface area contributed by atoms with Crippen molar-refractivity contribution in [1.29, 1.82) is 0 Å². The van der Waals surface area contributed by atoms with Crippen molar-refractivity contribution in [2.75, 3.05) is 6.61 Å². The molecule has 0 radical (unpaired) electrons. The van der Waals surface area contributed by atoms with E-state index in [2.05, 4.69) is 42.0 Å². The van der Waals surface area contributed by atoms with Gasteiger partial charge in [0.2, 0.25) is 0 Å². The van der Waals surface area contributed by atoms with Gasteiger partial charge < -0.3 is 9.84 Å². The summed E-state index contributed by atoms with van der Waals surface area (Å²) in [6.07, 6.45) is 9.47. The Bertz CT molecular complexity index is 389. The summed E-state index contributed by atoms with van der Waals surface area (Å²) in [5.74, 6) is 0.669. The number of hydrogen-bond acceptors (Lipinski definition) is 2. The second kappa shape index (κ2) is 12.1. The minimum absolute atomic E-state index is 0.327. The standard InChI is InChI=1S/C19H30O3/c1-2-3-7-12-17(18-14-9-6-10-15-18)13-8-4-5-11-16-22-19(20)21/h6,9-10,14-15,17H,2-5,7-8,11-13,16H2,1H3,(H,20,21). The van der Waals surface area contributed by atoms with Crippen LogP contribution in [0.2, 0.25) is 0 Å². The van der Waals surface area contributed by atoms with Crippen LogP contribution in [0.25, 0.3) is 0 Å². The molecule has 3 nitrogen and oxygen atoms in total. The molecule has 1 rings (SSSR count). The third-order valence-corrected chi connectivity index (χ3v) is 4.10. The van der Waals surface area contributed by atoms with Crippen LogP contribution in [0.5, 0.6) is 0 Å². The molecule has 0 heterocycles. The molecule has 1 N–H and O–H groups in total. The van der Waals surface area contributed by atoms with Crippen molar-refractivity contribution in [3.05, 3.63) is 35.9 Å². The van der Waals surface area contributed by atoms with Crippen molar-refractivity contribution in [2.45, 2.75) is 70.6 Å². The van der Waals surface area contributed by atoms with Crippen LogP contribution < -0.4 is 0 Å². The molecule has 0 bridgehead atoms. The van der Waals surface area contributed by atoms with Crippen LogP contribution >= 0.6 is 0 Å². The summed E-state index contributed by atoms with van der Waals surface area (Å²) in [5.41, 5.74) is 1.47. The van der Waals surface area contributed by atoms with Gasteiger partial charge in [0, 0.05) is 0 Å². The van der Waals surface area contributed by atoms with Crippen molar-refractivity contribution in [3.8, 4) is 0 Å². The van der Waals surface area contributed by atoms with Crippen molar-refractivity contribution in [1.82, 2.24) is 0 Å². The Balaban J connectivity index is 2.25. The number of carboxylic acid groups (broad SMARTS) is 1. The lowest BCUT2D eigenvalue weighted by Gasteiger charge is -2.17. The number of carbonyl (C=O) groups is 1. The lowest BCUT2D eigenvalue weighted by molar-refractivity contribution is 0.0899. The van der Waals surface area contributed by atoms with E-state index in [0.29, 0.717) is 12.5 Å². The van der Waals surface area contributed by atoms with Crippen LogP contribution in [0.4, 0.5) is 4.79 Å². The summed E-state index contributed by atoms with van der Waals surface area (Å²) in [6, 6.07) is 10.8. The van der Waals surface area contributed by atoms with Crippen LogP contribution in [-0.4, -0.2) is 17.9 Å². The zero-order chi connectivity index (χ0) is 16.0. The molecule has 0 fully saturated rings. The Labute approximate surface area is 134 Å². The Morgan fingerprint density at radius 2 is 1.64 bits per heavy atom. The maximum Gasteiger partial charge on any atom is 0.505 e. The molecule has 1 unspecified atom stereocenters. The van der Waals surface area contributed by atoms with Gasteiger partial charge in [-0.15, -0.1) is 0 Å². The third-order valence-electron chi connectivity index (χ3n) is 4.10. The highest BCUT2D eigenvalue weighted by Gasteiger charge is 2.10. The van der Waals surface area contributed by atoms with Gasteiger partial charge in [0.15, 0.2) is 0 Å². The zero-order valence-electron chi connectivity index (χ0n) is 13.8. The van der Waals surface area contributed by atoms with Crippen LogP contribution in [0.1, 0.15) is 76.2 Å².